The number of nitrogens with zero attached hydrogens (tertiary/aromatic N) is 5. The Hall–Kier alpha value is -2.01. The Morgan fingerprint density at radius 3 is 2.75 bits per heavy atom. The third-order valence-electron chi connectivity index (χ3n) is 3.97. The van der Waals surface area contributed by atoms with E-state index >= 15 is 0 Å². The normalized spacial score (nSPS) is 11.1. The maximum absolute atomic E-state index is 4.69. The average molecular weight is 511 g/mol. The lowest BCUT2D eigenvalue weighted by Gasteiger charge is -2.12. The van der Waals surface area contributed by atoms with Crippen molar-refractivity contribution in [3.05, 3.63) is 53.6 Å². The number of thiazole rings is 1. The van der Waals surface area contributed by atoms with Gasteiger partial charge in [-0.15, -0.1) is 45.5 Å². The molecule has 7 nitrogen and oxygen atoms in total. The molecular weight excluding hydrogens is 485 g/mol. The SMILES string of the molecule is CCNC(=NCc1csc(-c2ccccc2)n1)NCCn1cnnc1CC.I. The van der Waals surface area contributed by atoms with E-state index in [0.717, 1.165) is 54.1 Å². The zero-order valence-corrected chi connectivity index (χ0v) is 19.3. The second kappa shape index (κ2) is 11.7. The Morgan fingerprint density at radius 2 is 2.00 bits per heavy atom. The van der Waals surface area contributed by atoms with Crippen molar-refractivity contribution in [2.75, 3.05) is 13.1 Å². The monoisotopic (exact) mass is 511 g/mol. The molecule has 2 N–H and O–H groups in total. The highest BCUT2D eigenvalue weighted by Gasteiger charge is 2.05. The minimum Gasteiger partial charge on any atom is -0.357 e. The topological polar surface area (TPSA) is 80.0 Å². The molecule has 2 heterocycles. The van der Waals surface area contributed by atoms with Crippen LogP contribution < -0.4 is 10.6 Å². The van der Waals surface area contributed by atoms with Crippen molar-refractivity contribution >= 4 is 41.3 Å². The van der Waals surface area contributed by atoms with Gasteiger partial charge in [0.1, 0.15) is 17.2 Å². The minimum atomic E-state index is 0. The fraction of sp³-hybridized carbons (Fsp3) is 0.368. The van der Waals surface area contributed by atoms with Crippen LogP contribution in [0, 0.1) is 0 Å². The van der Waals surface area contributed by atoms with Gasteiger partial charge in [0.25, 0.3) is 0 Å². The summed E-state index contributed by atoms with van der Waals surface area (Å²) in [6, 6.07) is 10.2. The highest BCUT2D eigenvalue weighted by Crippen LogP contribution is 2.23. The Morgan fingerprint density at radius 1 is 1.18 bits per heavy atom. The van der Waals surface area contributed by atoms with Gasteiger partial charge in [0.2, 0.25) is 0 Å². The Balaban J connectivity index is 0.00000280. The van der Waals surface area contributed by atoms with Crippen LogP contribution in [-0.2, 0) is 19.5 Å². The molecule has 0 spiro atoms. The lowest BCUT2D eigenvalue weighted by atomic mass is 10.2. The molecule has 0 aliphatic heterocycles. The van der Waals surface area contributed by atoms with Crippen LogP contribution in [0.5, 0.6) is 0 Å². The molecule has 0 unspecified atom stereocenters. The van der Waals surface area contributed by atoms with Crippen LogP contribution in [-0.4, -0.2) is 38.8 Å². The van der Waals surface area contributed by atoms with Crippen LogP contribution in [0.25, 0.3) is 10.6 Å². The smallest absolute Gasteiger partial charge is 0.191 e. The lowest BCUT2D eigenvalue weighted by molar-refractivity contribution is 0.632. The number of guanidine groups is 1. The van der Waals surface area contributed by atoms with Gasteiger partial charge in [0, 0.05) is 37.0 Å². The summed E-state index contributed by atoms with van der Waals surface area (Å²) >= 11 is 1.65. The van der Waals surface area contributed by atoms with Crippen molar-refractivity contribution in [1.29, 1.82) is 0 Å². The van der Waals surface area contributed by atoms with E-state index in [1.807, 2.05) is 18.2 Å². The number of halogens is 1. The summed E-state index contributed by atoms with van der Waals surface area (Å²) in [5.41, 5.74) is 2.12. The molecule has 2 aromatic heterocycles. The molecule has 0 saturated carbocycles. The zero-order valence-electron chi connectivity index (χ0n) is 16.1. The van der Waals surface area contributed by atoms with Crippen LogP contribution in [0.4, 0.5) is 0 Å². The highest BCUT2D eigenvalue weighted by molar-refractivity contribution is 14.0. The molecule has 9 heteroatoms. The number of nitrogens with one attached hydrogen (secondary N) is 2. The quantitative estimate of drug-likeness (QED) is 0.276. The van der Waals surface area contributed by atoms with Gasteiger partial charge < -0.3 is 15.2 Å². The predicted octanol–water partition coefficient (Wildman–Crippen LogP) is 3.34. The van der Waals surface area contributed by atoms with Gasteiger partial charge in [-0.3, -0.25) is 0 Å². The van der Waals surface area contributed by atoms with Crippen LogP contribution >= 0.6 is 35.3 Å². The molecule has 1 aromatic carbocycles. The van der Waals surface area contributed by atoms with Crippen LogP contribution in [0.1, 0.15) is 25.4 Å². The summed E-state index contributed by atoms with van der Waals surface area (Å²) in [6.07, 6.45) is 2.65. The van der Waals surface area contributed by atoms with E-state index in [0.29, 0.717) is 6.54 Å². The van der Waals surface area contributed by atoms with Crippen molar-refractivity contribution in [1.82, 2.24) is 30.4 Å². The molecule has 0 aliphatic rings. The van der Waals surface area contributed by atoms with Gasteiger partial charge in [-0.05, 0) is 6.92 Å². The van der Waals surface area contributed by atoms with E-state index in [1.165, 1.54) is 0 Å². The molecule has 0 atom stereocenters. The summed E-state index contributed by atoms with van der Waals surface area (Å²) in [4.78, 5) is 9.34. The molecule has 150 valence electrons. The second-order valence-electron chi connectivity index (χ2n) is 5.93. The number of hydrogen-bond acceptors (Lipinski definition) is 5. The maximum atomic E-state index is 4.69. The van der Waals surface area contributed by atoms with Crippen molar-refractivity contribution < 1.29 is 0 Å². The maximum Gasteiger partial charge on any atom is 0.191 e. The molecule has 0 bridgehead atoms. The van der Waals surface area contributed by atoms with E-state index in [9.17, 15) is 0 Å². The van der Waals surface area contributed by atoms with Crippen LogP contribution in [0.3, 0.4) is 0 Å². The van der Waals surface area contributed by atoms with E-state index in [1.54, 1.807) is 17.7 Å². The highest BCUT2D eigenvalue weighted by atomic mass is 127. The third-order valence-corrected chi connectivity index (χ3v) is 4.91. The Bertz CT molecular complexity index is 860. The predicted molar refractivity (Wildman–Crippen MR) is 125 cm³/mol. The molecule has 0 saturated heterocycles. The summed E-state index contributed by atoms with van der Waals surface area (Å²) in [6.45, 7) is 7.05. The number of benzene rings is 1. The lowest BCUT2D eigenvalue weighted by Crippen LogP contribution is -2.38. The fourth-order valence-electron chi connectivity index (χ4n) is 2.63. The van der Waals surface area contributed by atoms with Crippen molar-refractivity contribution in [2.24, 2.45) is 4.99 Å². The van der Waals surface area contributed by atoms with E-state index in [2.05, 4.69) is 61.8 Å². The van der Waals surface area contributed by atoms with Crippen molar-refractivity contribution in [3.8, 4) is 10.6 Å². The molecule has 0 radical (unpaired) electrons. The number of aromatic nitrogens is 4. The third kappa shape index (κ3) is 6.26. The number of rotatable bonds is 8. The standard InChI is InChI=1S/C19H25N7S.HI/c1-3-17-25-23-14-26(17)11-10-21-19(20-4-2)22-12-16-13-27-18(24-16)15-8-6-5-7-9-15;/h5-9,13-14H,3-4,10-12H2,1-2H3,(H2,20,21,22);1H. The first-order valence-electron chi connectivity index (χ1n) is 9.18. The molecule has 28 heavy (non-hydrogen) atoms. The first-order chi connectivity index (χ1) is 13.3. The van der Waals surface area contributed by atoms with Gasteiger partial charge in [0.05, 0.1) is 12.2 Å². The summed E-state index contributed by atoms with van der Waals surface area (Å²) in [5.74, 6) is 1.78. The average Bonchev–Trinajstić information content (AvgIpc) is 3.36. The van der Waals surface area contributed by atoms with E-state index < -0.39 is 0 Å². The summed E-state index contributed by atoms with van der Waals surface area (Å²) < 4.78 is 2.06. The van der Waals surface area contributed by atoms with Gasteiger partial charge in [0.15, 0.2) is 5.96 Å². The van der Waals surface area contributed by atoms with Gasteiger partial charge in [-0.25, -0.2) is 9.98 Å². The Kier molecular flexibility index (Phi) is 9.35. The van der Waals surface area contributed by atoms with E-state index in [4.69, 9.17) is 4.98 Å². The molecule has 0 aliphatic carbocycles. The second-order valence-corrected chi connectivity index (χ2v) is 6.78. The fourth-order valence-corrected chi connectivity index (χ4v) is 3.45. The number of aryl methyl sites for hydroxylation is 1. The van der Waals surface area contributed by atoms with E-state index in [-0.39, 0.29) is 24.0 Å². The zero-order chi connectivity index (χ0) is 18.9. The first kappa shape index (κ1) is 22.3. The molecular formula is C19H26IN7S. The van der Waals surface area contributed by atoms with Crippen LogP contribution in [0.15, 0.2) is 47.0 Å². The van der Waals surface area contributed by atoms with Crippen LogP contribution in [0.2, 0.25) is 0 Å². The largest absolute Gasteiger partial charge is 0.357 e. The van der Waals surface area contributed by atoms with Gasteiger partial charge in [-0.1, -0.05) is 37.3 Å². The van der Waals surface area contributed by atoms with Crippen molar-refractivity contribution in [2.45, 2.75) is 33.4 Å². The van der Waals surface area contributed by atoms with Gasteiger partial charge >= 0.3 is 0 Å². The van der Waals surface area contributed by atoms with Crippen molar-refractivity contribution in [3.63, 3.8) is 0 Å². The minimum absolute atomic E-state index is 0. The number of hydrogen-bond donors (Lipinski definition) is 2. The molecule has 0 amide bonds. The molecule has 3 rings (SSSR count). The molecule has 0 fully saturated rings. The first-order valence-corrected chi connectivity index (χ1v) is 10.1. The summed E-state index contributed by atoms with van der Waals surface area (Å²) in [5, 5.41) is 17.8. The number of aliphatic imine (C=N–C) groups is 1. The van der Waals surface area contributed by atoms with Gasteiger partial charge in [-0.2, -0.15) is 0 Å². The Labute approximate surface area is 186 Å². The summed E-state index contributed by atoms with van der Waals surface area (Å²) in [7, 11) is 0. The molecule has 3 aromatic rings.